The second-order valence-electron chi connectivity index (χ2n) is 8.19. The van der Waals surface area contributed by atoms with E-state index in [0.717, 1.165) is 18.2 Å². The minimum absolute atomic E-state index is 0.0391. The highest BCUT2D eigenvalue weighted by atomic mass is 19.4. The fraction of sp³-hybridized carbons (Fsp3) is 0.348. The smallest absolute Gasteiger partial charge is 0.381 e. The zero-order valence-corrected chi connectivity index (χ0v) is 18.9. The maximum absolute atomic E-state index is 13.0. The van der Waals surface area contributed by atoms with E-state index in [-0.39, 0.29) is 37.4 Å². The van der Waals surface area contributed by atoms with E-state index in [0.29, 0.717) is 5.56 Å². The maximum atomic E-state index is 13.0. The number of hydrogen-bond acceptors (Lipinski definition) is 6. The largest absolute Gasteiger partial charge is 0.470 e. The normalized spacial score (nSPS) is 20.3. The van der Waals surface area contributed by atoms with Crippen molar-refractivity contribution in [1.82, 2.24) is 15.7 Å². The number of halogens is 6. The minimum Gasteiger partial charge on any atom is -0.381 e. The summed E-state index contributed by atoms with van der Waals surface area (Å²) in [6.07, 6.45) is -10.4. The van der Waals surface area contributed by atoms with Gasteiger partial charge in [-0.3, -0.25) is 9.59 Å². The van der Waals surface area contributed by atoms with Gasteiger partial charge in [0.25, 0.3) is 11.8 Å². The van der Waals surface area contributed by atoms with Gasteiger partial charge in [-0.2, -0.15) is 26.3 Å². The number of carbonyl (C=O) groups excluding carboxylic acids is 2. The highest BCUT2D eigenvalue weighted by molar-refractivity contribution is 5.95. The van der Waals surface area contributed by atoms with Crippen LogP contribution in [-0.2, 0) is 15.8 Å². The molecule has 2 heterocycles. The number of nitrogens with one attached hydrogen (secondary N) is 2. The molecule has 1 fully saturated rings. The van der Waals surface area contributed by atoms with Gasteiger partial charge in [0, 0.05) is 24.2 Å². The van der Waals surface area contributed by atoms with Gasteiger partial charge in [-0.05, 0) is 35.9 Å². The van der Waals surface area contributed by atoms with Crippen LogP contribution >= 0.6 is 0 Å². The van der Waals surface area contributed by atoms with Crippen molar-refractivity contribution in [2.24, 2.45) is 4.99 Å². The van der Waals surface area contributed by atoms with Crippen LogP contribution in [0.2, 0.25) is 0 Å². The number of aliphatic imine (C=N–C) groups is 1. The van der Waals surface area contributed by atoms with E-state index >= 15 is 0 Å². The van der Waals surface area contributed by atoms with E-state index in [4.69, 9.17) is 4.74 Å². The van der Waals surface area contributed by atoms with Gasteiger partial charge < -0.3 is 19.8 Å². The van der Waals surface area contributed by atoms with Crippen LogP contribution in [0.3, 0.4) is 0 Å². The van der Waals surface area contributed by atoms with Crippen molar-refractivity contribution in [1.29, 1.82) is 0 Å². The Morgan fingerprint density at radius 3 is 2.41 bits per heavy atom. The summed E-state index contributed by atoms with van der Waals surface area (Å²) in [7, 11) is 0. The quantitative estimate of drug-likeness (QED) is 0.578. The molecular formula is C23H20F6N4O4. The van der Waals surface area contributed by atoms with Gasteiger partial charge in [-0.15, -0.1) is 5.48 Å². The molecule has 2 amide bonds. The number of ether oxygens (including phenoxy) is 1. The van der Waals surface area contributed by atoms with Crippen molar-refractivity contribution < 1.29 is 45.5 Å². The number of carbonyl (C=O) groups is 2. The number of hydroxylamine groups is 1. The summed E-state index contributed by atoms with van der Waals surface area (Å²) in [5.74, 6) is -2.56. The summed E-state index contributed by atoms with van der Waals surface area (Å²) in [5, 5.41) is 2.65. The van der Waals surface area contributed by atoms with Crippen LogP contribution in [0.15, 0.2) is 53.5 Å². The van der Waals surface area contributed by atoms with Gasteiger partial charge in [-0.25, -0.2) is 4.99 Å². The Morgan fingerprint density at radius 1 is 1.03 bits per heavy atom. The second kappa shape index (κ2) is 10.4. The highest BCUT2D eigenvalue weighted by Crippen LogP contribution is 2.30. The topological polar surface area (TPSA) is 92.3 Å². The van der Waals surface area contributed by atoms with E-state index in [1.165, 1.54) is 35.2 Å². The van der Waals surface area contributed by atoms with Crippen molar-refractivity contribution in [3.63, 3.8) is 0 Å². The summed E-state index contributed by atoms with van der Waals surface area (Å²) in [4.78, 5) is 34.7. The Balaban J connectivity index is 1.38. The summed E-state index contributed by atoms with van der Waals surface area (Å²) in [6.45, 7) is 0.342. The Hall–Kier alpha value is -3.65. The molecule has 2 aromatic rings. The fourth-order valence-corrected chi connectivity index (χ4v) is 3.77. The van der Waals surface area contributed by atoms with E-state index in [2.05, 4.69) is 20.6 Å². The molecule has 2 unspecified atom stereocenters. The molecule has 2 aliphatic rings. The summed E-state index contributed by atoms with van der Waals surface area (Å²) < 4.78 is 82.5. The predicted molar refractivity (Wildman–Crippen MR) is 116 cm³/mol. The lowest BCUT2D eigenvalue weighted by atomic mass is 10.1. The molecule has 2 aliphatic heterocycles. The van der Waals surface area contributed by atoms with Crippen molar-refractivity contribution in [3.05, 3.63) is 70.8 Å². The summed E-state index contributed by atoms with van der Waals surface area (Å²) in [5.41, 5.74) is 1.59. The Bertz CT molecular complexity index is 1180. The highest BCUT2D eigenvalue weighted by Gasteiger charge is 2.42. The van der Waals surface area contributed by atoms with E-state index in [1.54, 1.807) is 0 Å². The Labute approximate surface area is 206 Å². The number of amides is 2. The molecule has 14 heteroatoms. The molecule has 2 N–H and O–H groups in total. The molecule has 2 atom stereocenters. The molecule has 0 spiro atoms. The van der Waals surface area contributed by atoms with E-state index in [1.807, 2.05) is 0 Å². The van der Waals surface area contributed by atoms with Gasteiger partial charge in [0.1, 0.15) is 0 Å². The van der Waals surface area contributed by atoms with Gasteiger partial charge in [0.05, 0.1) is 24.8 Å². The summed E-state index contributed by atoms with van der Waals surface area (Å²) >= 11 is 0. The lowest BCUT2D eigenvalue weighted by Crippen LogP contribution is -2.53. The van der Waals surface area contributed by atoms with Crippen molar-refractivity contribution >= 4 is 17.7 Å². The number of rotatable bonds is 5. The van der Waals surface area contributed by atoms with Crippen LogP contribution in [0.25, 0.3) is 0 Å². The first-order chi connectivity index (χ1) is 17.4. The third-order valence-corrected chi connectivity index (χ3v) is 5.67. The van der Waals surface area contributed by atoms with Gasteiger partial charge in [-0.1, -0.05) is 18.2 Å². The van der Waals surface area contributed by atoms with E-state index < -0.39 is 47.8 Å². The molecule has 4 rings (SSSR count). The van der Waals surface area contributed by atoms with Crippen molar-refractivity contribution in [2.75, 3.05) is 26.3 Å². The van der Waals surface area contributed by atoms with Crippen LogP contribution < -0.4 is 10.8 Å². The molecule has 0 saturated carbocycles. The van der Waals surface area contributed by atoms with Gasteiger partial charge in [0.2, 0.25) is 0 Å². The Morgan fingerprint density at radius 2 is 1.76 bits per heavy atom. The molecule has 8 nitrogen and oxygen atoms in total. The molecule has 198 valence electrons. The molecule has 2 aromatic carbocycles. The first kappa shape index (κ1) is 26.4. The molecule has 0 bridgehead atoms. The minimum atomic E-state index is -4.74. The van der Waals surface area contributed by atoms with Crippen LogP contribution in [0.5, 0.6) is 0 Å². The standard InChI is InChI=1S/C23H20F6N4O4/c24-22(25,26)16-3-1-2-15(10-16)20(35)33-8-9-36-12-17(33)11-30-19(34)14-6-4-13(5-7-14)18-31-21(37-32-18)23(27,28)29/h1-7,10,17-18,32H,8-9,11-12H2,(H,30,34). The van der Waals surface area contributed by atoms with Crippen LogP contribution in [-0.4, -0.2) is 61.1 Å². The van der Waals surface area contributed by atoms with Crippen LogP contribution in [0.1, 0.15) is 38.0 Å². The number of nitrogens with zero attached hydrogens (tertiary/aromatic N) is 2. The zero-order chi connectivity index (χ0) is 26.8. The zero-order valence-electron chi connectivity index (χ0n) is 18.9. The molecular weight excluding hydrogens is 510 g/mol. The third kappa shape index (κ3) is 6.20. The first-order valence-corrected chi connectivity index (χ1v) is 10.9. The van der Waals surface area contributed by atoms with Gasteiger partial charge in [0.15, 0.2) is 6.17 Å². The van der Waals surface area contributed by atoms with Crippen molar-refractivity contribution in [3.8, 4) is 0 Å². The van der Waals surface area contributed by atoms with Crippen molar-refractivity contribution in [2.45, 2.75) is 24.6 Å². The lowest BCUT2D eigenvalue weighted by molar-refractivity contribution is -0.137. The second-order valence-corrected chi connectivity index (χ2v) is 8.19. The number of benzene rings is 2. The van der Waals surface area contributed by atoms with Crippen LogP contribution in [0.4, 0.5) is 26.3 Å². The first-order valence-electron chi connectivity index (χ1n) is 10.9. The summed E-state index contributed by atoms with van der Waals surface area (Å²) in [6, 6.07) is 9.05. The predicted octanol–water partition coefficient (Wildman–Crippen LogP) is 3.47. The average Bonchev–Trinajstić information content (AvgIpc) is 3.38. The SMILES string of the molecule is O=C(NCC1COCCN1C(=O)c1cccc(C(F)(F)F)c1)c1ccc(C2N=C(C(F)(F)F)ON2)cc1. The molecule has 0 aliphatic carbocycles. The molecule has 37 heavy (non-hydrogen) atoms. The fourth-order valence-electron chi connectivity index (χ4n) is 3.77. The number of alkyl halides is 6. The van der Waals surface area contributed by atoms with Gasteiger partial charge >= 0.3 is 18.3 Å². The Kier molecular flexibility index (Phi) is 7.41. The maximum Gasteiger partial charge on any atom is 0.470 e. The third-order valence-electron chi connectivity index (χ3n) is 5.67. The average molecular weight is 530 g/mol. The molecule has 0 aromatic heterocycles. The molecule has 0 radical (unpaired) electrons. The number of morpholine rings is 1. The molecule has 1 saturated heterocycles. The monoisotopic (exact) mass is 530 g/mol. The van der Waals surface area contributed by atoms with Crippen LogP contribution in [0, 0.1) is 0 Å². The lowest BCUT2D eigenvalue weighted by Gasteiger charge is -2.35. The van der Waals surface area contributed by atoms with E-state index in [9.17, 15) is 35.9 Å². The number of hydrogen-bond donors (Lipinski definition) is 2.